The molecule has 4 rings (SSSR count). The van der Waals surface area contributed by atoms with Crippen LogP contribution in [0.4, 0.5) is 16.2 Å². The standard InChI is InChI=1S/C26H27N3O2/c1-16(2)27-26(30)31-15-19-6-5-7-20(14-19)28-25-21-12-17(3)8-10-23(21)29-24-11-9-18(4)13-22(24)25/h5-14,16H,15H2,1-4H3,(H,27,30)(H,28,29). The van der Waals surface area contributed by atoms with Crippen molar-refractivity contribution < 1.29 is 9.53 Å². The van der Waals surface area contributed by atoms with Crippen LogP contribution in [-0.4, -0.2) is 17.1 Å². The van der Waals surface area contributed by atoms with Gasteiger partial charge in [-0.25, -0.2) is 9.78 Å². The van der Waals surface area contributed by atoms with E-state index in [1.165, 1.54) is 11.1 Å². The molecule has 0 saturated heterocycles. The Morgan fingerprint density at radius 2 is 1.58 bits per heavy atom. The number of hydrogen-bond donors (Lipinski definition) is 2. The van der Waals surface area contributed by atoms with Crippen LogP contribution in [-0.2, 0) is 11.3 Å². The number of nitrogens with one attached hydrogen (secondary N) is 2. The minimum Gasteiger partial charge on any atom is -0.445 e. The topological polar surface area (TPSA) is 63.3 Å². The van der Waals surface area contributed by atoms with Crippen molar-refractivity contribution in [3.05, 3.63) is 77.4 Å². The van der Waals surface area contributed by atoms with E-state index in [-0.39, 0.29) is 12.6 Å². The second kappa shape index (κ2) is 8.64. The first-order valence-electron chi connectivity index (χ1n) is 10.5. The summed E-state index contributed by atoms with van der Waals surface area (Å²) in [5.74, 6) is 0. The van der Waals surface area contributed by atoms with Crippen molar-refractivity contribution >= 4 is 39.3 Å². The maximum atomic E-state index is 11.8. The molecule has 0 aliphatic rings. The van der Waals surface area contributed by atoms with Gasteiger partial charge in [-0.1, -0.05) is 35.4 Å². The lowest BCUT2D eigenvalue weighted by Crippen LogP contribution is -2.30. The minimum atomic E-state index is -0.412. The number of ether oxygens (including phenoxy) is 1. The Morgan fingerprint density at radius 1 is 0.935 bits per heavy atom. The normalized spacial score (nSPS) is 11.1. The summed E-state index contributed by atoms with van der Waals surface area (Å²) in [6.45, 7) is 8.19. The number of hydrogen-bond acceptors (Lipinski definition) is 4. The molecule has 5 nitrogen and oxygen atoms in total. The van der Waals surface area contributed by atoms with Gasteiger partial charge in [0.1, 0.15) is 6.61 Å². The number of benzene rings is 3. The second-order valence-electron chi connectivity index (χ2n) is 8.23. The molecule has 2 N–H and O–H groups in total. The molecule has 0 unspecified atom stereocenters. The highest BCUT2D eigenvalue weighted by atomic mass is 16.5. The first-order chi connectivity index (χ1) is 14.9. The highest BCUT2D eigenvalue weighted by molar-refractivity contribution is 6.09. The summed E-state index contributed by atoms with van der Waals surface area (Å²) < 4.78 is 5.33. The molecule has 0 atom stereocenters. The number of aryl methyl sites for hydroxylation is 2. The molecule has 0 fully saturated rings. The Labute approximate surface area is 182 Å². The van der Waals surface area contributed by atoms with Crippen LogP contribution in [0.25, 0.3) is 21.8 Å². The van der Waals surface area contributed by atoms with Gasteiger partial charge in [0.05, 0.1) is 16.7 Å². The number of anilines is 2. The fourth-order valence-electron chi connectivity index (χ4n) is 3.61. The molecule has 158 valence electrons. The zero-order chi connectivity index (χ0) is 22.0. The van der Waals surface area contributed by atoms with Crippen molar-refractivity contribution in [2.24, 2.45) is 0 Å². The predicted octanol–water partition coefficient (Wildman–Crippen LogP) is 6.38. The number of aromatic nitrogens is 1. The number of pyridine rings is 1. The van der Waals surface area contributed by atoms with Crippen molar-refractivity contribution in [3.8, 4) is 0 Å². The summed E-state index contributed by atoms with van der Waals surface area (Å²) in [6.07, 6.45) is -0.412. The van der Waals surface area contributed by atoms with E-state index in [4.69, 9.17) is 9.72 Å². The third-order valence-electron chi connectivity index (χ3n) is 5.06. The lowest BCUT2D eigenvalue weighted by molar-refractivity contribution is 0.137. The average molecular weight is 414 g/mol. The zero-order valence-electron chi connectivity index (χ0n) is 18.3. The molecule has 0 saturated carbocycles. The van der Waals surface area contributed by atoms with E-state index in [1.807, 2.05) is 38.1 Å². The number of nitrogens with zero attached hydrogens (tertiary/aromatic N) is 1. The predicted molar refractivity (Wildman–Crippen MR) is 127 cm³/mol. The number of carbonyl (C=O) groups is 1. The molecule has 0 aliphatic heterocycles. The van der Waals surface area contributed by atoms with E-state index in [9.17, 15) is 4.79 Å². The molecule has 31 heavy (non-hydrogen) atoms. The third-order valence-corrected chi connectivity index (χ3v) is 5.06. The summed E-state index contributed by atoms with van der Waals surface area (Å²) in [4.78, 5) is 16.7. The van der Waals surface area contributed by atoms with Crippen molar-refractivity contribution in [1.29, 1.82) is 0 Å². The van der Waals surface area contributed by atoms with Gasteiger partial charge in [0.15, 0.2) is 0 Å². The second-order valence-corrected chi connectivity index (χ2v) is 8.23. The van der Waals surface area contributed by atoms with Gasteiger partial charge in [-0.05, 0) is 69.7 Å². The van der Waals surface area contributed by atoms with Gasteiger partial charge in [-0.15, -0.1) is 0 Å². The van der Waals surface area contributed by atoms with Crippen molar-refractivity contribution in [2.45, 2.75) is 40.3 Å². The molecule has 1 aromatic heterocycles. The number of alkyl carbamates (subject to hydrolysis) is 1. The van der Waals surface area contributed by atoms with E-state index >= 15 is 0 Å². The average Bonchev–Trinajstić information content (AvgIpc) is 2.73. The highest BCUT2D eigenvalue weighted by Crippen LogP contribution is 2.34. The summed E-state index contributed by atoms with van der Waals surface area (Å²) in [5, 5.41) is 8.50. The van der Waals surface area contributed by atoms with Crippen LogP contribution in [0.1, 0.15) is 30.5 Å². The first-order valence-corrected chi connectivity index (χ1v) is 10.5. The maximum absolute atomic E-state index is 11.8. The highest BCUT2D eigenvalue weighted by Gasteiger charge is 2.11. The fourth-order valence-corrected chi connectivity index (χ4v) is 3.61. The Bertz CT molecular complexity index is 1200. The molecule has 4 aromatic rings. The number of carbonyl (C=O) groups excluding carboxylic acids is 1. The molecule has 1 amide bonds. The molecule has 0 bridgehead atoms. The van der Waals surface area contributed by atoms with Gasteiger partial charge in [-0.2, -0.15) is 0 Å². The fraction of sp³-hybridized carbons (Fsp3) is 0.231. The monoisotopic (exact) mass is 413 g/mol. The number of amides is 1. The zero-order valence-corrected chi connectivity index (χ0v) is 18.3. The molecule has 3 aromatic carbocycles. The first kappa shape index (κ1) is 20.7. The van der Waals surface area contributed by atoms with Gasteiger partial charge in [0.2, 0.25) is 0 Å². The van der Waals surface area contributed by atoms with E-state index in [1.54, 1.807) is 0 Å². The van der Waals surface area contributed by atoms with Gasteiger partial charge >= 0.3 is 6.09 Å². The van der Waals surface area contributed by atoms with Crippen LogP contribution in [0.15, 0.2) is 60.7 Å². The van der Waals surface area contributed by atoms with Crippen molar-refractivity contribution in [2.75, 3.05) is 5.32 Å². The Hall–Kier alpha value is -3.60. The van der Waals surface area contributed by atoms with Crippen LogP contribution in [0.3, 0.4) is 0 Å². The molecule has 1 heterocycles. The lowest BCUT2D eigenvalue weighted by atomic mass is 10.0. The van der Waals surface area contributed by atoms with Gasteiger partial charge < -0.3 is 15.4 Å². The molecular weight excluding hydrogens is 386 g/mol. The minimum absolute atomic E-state index is 0.0423. The van der Waals surface area contributed by atoms with Crippen LogP contribution < -0.4 is 10.6 Å². The maximum Gasteiger partial charge on any atom is 0.407 e. The van der Waals surface area contributed by atoms with Crippen molar-refractivity contribution in [1.82, 2.24) is 10.3 Å². The van der Waals surface area contributed by atoms with E-state index in [2.05, 4.69) is 60.9 Å². The molecule has 5 heteroatoms. The van der Waals surface area contributed by atoms with Gasteiger partial charge in [0, 0.05) is 22.5 Å². The number of rotatable bonds is 5. The summed E-state index contributed by atoms with van der Waals surface area (Å²) >= 11 is 0. The van der Waals surface area contributed by atoms with Crippen LogP contribution >= 0.6 is 0 Å². The van der Waals surface area contributed by atoms with Gasteiger partial charge in [-0.3, -0.25) is 0 Å². The summed E-state index contributed by atoms with van der Waals surface area (Å²) in [5.41, 5.74) is 7.15. The van der Waals surface area contributed by atoms with E-state index < -0.39 is 6.09 Å². The van der Waals surface area contributed by atoms with E-state index in [0.29, 0.717) is 0 Å². The number of fused-ring (bicyclic) bond motifs is 2. The van der Waals surface area contributed by atoms with Crippen LogP contribution in [0.2, 0.25) is 0 Å². The third kappa shape index (κ3) is 4.77. The summed E-state index contributed by atoms with van der Waals surface area (Å²) in [6, 6.07) is 20.6. The lowest BCUT2D eigenvalue weighted by Gasteiger charge is -2.15. The quantitative estimate of drug-likeness (QED) is 0.373. The molecular formula is C26H27N3O2. The largest absolute Gasteiger partial charge is 0.445 e. The Morgan fingerprint density at radius 3 is 2.19 bits per heavy atom. The SMILES string of the molecule is Cc1ccc2nc3ccc(C)cc3c(Nc3cccc(COC(=O)NC(C)C)c3)c2c1. The Balaban J connectivity index is 1.70. The van der Waals surface area contributed by atoms with E-state index in [0.717, 1.165) is 38.7 Å². The smallest absolute Gasteiger partial charge is 0.407 e. The molecule has 0 radical (unpaired) electrons. The van der Waals surface area contributed by atoms with Crippen LogP contribution in [0.5, 0.6) is 0 Å². The molecule has 0 aliphatic carbocycles. The summed E-state index contributed by atoms with van der Waals surface area (Å²) in [7, 11) is 0. The van der Waals surface area contributed by atoms with Crippen molar-refractivity contribution in [3.63, 3.8) is 0 Å². The molecule has 0 spiro atoms. The Kier molecular flexibility index (Phi) is 5.76. The van der Waals surface area contributed by atoms with Gasteiger partial charge in [0.25, 0.3) is 0 Å². The van der Waals surface area contributed by atoms with Crippen LogP contribution in [0, 0.1) is 13.8 Å².